The van der Waals surface area contributed by atoms with Crippen LogP contribution < -0.4 is 5.56 Å². The van der Waals surface area contributed by atoms with Crippen LogP contribution in [-0.2, 0) is 0 Å². The van der Waals surface area contributed by atoms with Gasteiger partial charge in [0.1, 0.15) is 5.65 Å². The third-order valence-electron chi connectivity index (χ3n) is 3.56. The molecule has 0 aliphatic carbocycles. The summed E-state index contributed by atoms with van der Waals surface area (Å²) in [5, 5.41) is 1.74. The maximum Gasteiger partial charge on any atom is 0.259 e. The number of aromatic amines is 2. The van der Waals surface area contributed by atoms with E-state index in [1.807, 2.05) is 48.7 Å². The summed E-state index contributed by atoms with van der Waals surface area (Å²) in [5.41, 5.74) is 2.60. The number of benzene rings is 1. The largest absolute Gasteiger partial charge is 0.360 e. The molecule has 0 spiro atoms. The van der Waals surface area contributed by atoms with Gasteiger partial charge in [0.2, 0.25) is 0 Å². The van der Waals surface area contributed by atoms with Crippen LogP contribution in [0.15, 0.2) is 64.6 Å². The lowest BCUT2D eigenvalue weighted by Gasteiger charge is -1.99. The molecule has 0 unspecified atom stereocenters. The van der Waals surface area contributed by atoms with Crippen LogP contribution >= 0.6 is 0 Å². The third kappa shape index (κ3) is 2.00. The number of aliphatic imine (C=N–C) groups is 1. The van der Waals surface area contributed by atoms with E-state index in [0.29, 0.717) is 11.2 Å². The molecule has 106 valence electrons. The first-order valence-corrected chi connectivity index (χ1v) is 6.90. The number of nitrogens with zero attached hydrogens (tertiary/aromatic N) is 2. The van der Waals surface area contributed by atoms with Gasteiger partial charge in [0.25, 0.3) is 5.56 Å². The number of fused-ring (bicyclic) bond motifs is 3. The summed E-state index contributed by atoms with van der Waals surface area (Å²) in [5.74, 6) is 0. The number of rotatable bonds is 2. The van der Waals surface area contributed by atoms with Crippen molar-refractivity contribution in [1.82, 2.24) is 15.0 Å². The Morgan fingerprint density at radius 2 is 1.95 bits per heavy atom. The summed E-state index contributed by atoms with van der Waals surface area (Å²) in [4.78, 5) is 26.8. The number of nitrogens with one attached hydrogen (secondary N) is 2. The van der Waals surface area contributed by atoms with E-state index < -0.39 is 0 Å². The molecule has 0 saturated heterocycles. The minimum Gasteiger partial charge on any atom is -0.360 e. The Morgan fingerprint density at radius 1 is 1.09 bits per heavy atom. The Balaban J connectivity index is 1.97. The highest BCUT2D eigenvalue weighted by atomic mass is 16.1. The van der Waals surface area contributed by atoms with Crippen molar-refractivity contribution in [2.45, 2.75) is 0 Å². The minimum absolute atomic E-state index is 0.182. The summed E-state index contributed by atoms with van der Waals surface area (Å²) in [6.07, 6.45) is 5.15. The van der Waals surface area contributed by atoms with E-state index in [9.17, 15) is 4.79 Å². The van der Waals surface area contributed by atoms with Gasteiger partial charge in [-0.1, -0.05) is 24.3 Å². The van der Waals surface area contributed by atoms with Gasteiger partial charge in [-0.3, -0.25) is 9.79 Å². The molecule has 0 atom stereocenters. The molecule has 0 aliphatic rings. The van der Waals surface area contributed by atoms with E-state index in [1.54, 1.807) is 12.4 Å². The van der Waals surface area contributed by atoms with Gasteiger partial charge in [0, 0.05) is 23.2 Å². The lowest BCUT2D eigenvalue weighted by Crippen LogP contribution is -2.04. The standard InChI is InChI=1S/C17H12N4O/c22-17-13(9-19-11-5-2-1-3-6-11)15-12-7-4-8-18-14(12)10-20-16(15)21-17/h1-10,18H,(H,20,21,22). The zero-order valence-electron chi connectivity index (χ0n) is 11.6. The molecule has 0 saturated carbocycles. The van der Waals surface area contributed by atoms with Crippen molar-refractivity contribution in [3.63, 3.8) is 0 Å². The fourth-order valence-electron chi connectivity index (χ4n) is 2.53. The monoisotopic (exact) mass is 288 g/mol. The zero-order chi connectivity index (χ0) is 14.9. The van der Waals surface area contributed by atoms with Gasteiger partial charge in [-0.2, -0.15) is 0 Å². The van der Waals surface area contributed by atoms with Crippen LogP contribution in [-0.4, -0.2) is 21.2 Å². The molecule has 5 heteroatoms. The lowest BCUT2D eigenvalue weighted by molar-refractivity contribution is 1.27. The quantitative estimate of drug-likeness (QED) is 0.556. The number of pyridine rings is 2. The molecule has 0 amide bonds. The van der Waals surface area contributed by atoms with Crippen LogP contribution in [0.25, 0.3) is 21.9 Å². The van der Waals surface area contributed by atoms with E-state index in [1.165, 1.54) is 0 Å². The van der Waals surface area contributed by atoms with Crippen molar-refractivity contribution >= 4 is 33.8 Å². The average Bonchev–Trinajstić information content (AvgIpc) is 2.90. The Morgan fingerprint density at radius 3 is 2.82 bits per heavy atom. The normalized spacial score (nSPS) is 11.6. The second kappa shape index (κ2) is 4.96. The predicted molar refractivity (Wildman–Crippen MR) is 87.9 cm³/mol. The smallest absolute Gasteiger partial charge is 0.259 e. The van der Waals surface area contributed by atoms with Gasteiger partial charge in [0.15, 0.2) is 0 Å². The van der Waals surface area contributed by atoms with Crippen molar-refractivity contribution in [3.8, 4) is 0 Å². The first-order chi connectivity index (χ1) is 10.8. The Hall–Kier alpha value is -3.21. The van der Waals surface area contributed by atoms with Gasteiger partial charge < -0.3 is 9.97 Å². The summed E-state index contributed by atoms with van der Waals surface area (Å²) >= 11 is 0. The van der Waals surface area contributed by atoms with Crippen molar-refractivity contribution < 1.29 is 0 Å². The number of hydrogen-bond donors (Lipinski definition) is 2. The molecule has 0 radical (unpaired) electrons. The van der Waals surface area contributed by atoms with Gasteiger partial charge in [-0.05, 0) is 18.2 Å². The van der Waals surface area contributed by atoms with Gasteiger partial charge >= 0.3 is 0 Å². The molecule has 0 bridgehead atoms. The highest BCUT2D eigenvalue weighted by Gasteiger charge is 2.12. The van der Waals surface area contributed by atoms with E-state index in [-0.39, 0.29) is 5.56 Å². The molecule has 0 fully saturated rings. The van der Waals surface area contributed by atoms with E-state index in [4.69, 9.17) is 0 Å². The van der Waals surface area contributed by atoms with Crippen molar-refractivity contribution in [3.05, 3.63) is 70.8 Å². The average molecular weight is 288 g/mol. The second-order valence-corrected chi connectivity index (χ2v) is 4.94. The minimum atomic E-state index is -0.182. The molecular weight excluding hydrogens is 276 g/mol. The Kier molecular flexibility index (Phi) is 2.83. The molecule has 2 N–H and O–H groups in total. The first-order valence-electron chi connectivity index (χ1n) is 6.90. The highest BCUT2D eigenvalue weighted by Crippen LogP contribution is 2.22. The third-order valence-corrected chi connectivity index (χ3v) is 3.56. The van der Waals surface area contributed by atoms with Crippen LogP contribution in [0.4, 0.5) is 5.69 Å². The van der Waals surface area contributed by atoms with Gasteiger partial charge in [-0.25, -0.2) is 4.98 Å². The van der Waals surface area contributed by atoms with Crippen molar-refractivity contribution in [1.29, 1.82) is 0 Å². The SMILES string of the molecule is O=c1[nH]c2ncc3[nH]cccc3c2c1C=Nc1ccccc1. The zero-order valence-corrected chi connectivity index (χ0v) is 11.6. The van der Waals surface area contributed by atoms with Crippen molar-refractivity contribution in [2.24, 2.45) is 4.99 Å². The number of aromatic nitrogens is 3. The molecule has 0 aliphatic heterocycles. The molecular formula is C17H12N4O. The maximum atomic E-state index is 12.2. The number of para-hydroxylation sites is 1. The number of H-pyrrole nitrogens is 2. The summed E-state index contributed by atoms with van der Waals surface area (Å²) in [6.45, 7) is 0. The van der Waals surface area contributed by atoms with E-state index >= 15 is 0 Å². The van der Waals surface area contributed by atoms with Crippen LogP contribution in [0.5, 0.6) is 0 Å². The number of hydrogen-bond acceptors (Lipinski definition) is 3. The van der Waals surface area contributed by atoms with Crippen LogP contribution in [0.2, 0.25) is 0 Å². The van der Waals surface area contributed by atoms with E-state index in [0.717, 1.165) is 22.0 Å². The molecule has 3 aromatic heterocycles. The molecule has 22 heavy (non-hydrogen) atoms. The molecule has 4 rings (SSSR count). The van der Waals surface area contributed by atoms with Crippen LogP contribution in [0.1, 0.15) is 5.56 Å². The first kappa shape index (κ1) is 12.5. The summed E-state index contributed by atoms with van der Waals surface area (Å²) < 4.78 is 0. The Bertz CT molecular complexity index is 1040. The fourth-order valence-corrected chi connectivity index (χ4v) is 2.53. The summed E-state index contributed by atoms with van der Waals surface area (Å²) in [6, 6.07) is 13.4. The predicted octanol–water partition coefficient (Wildman–Crippen LogP) is 3.16. The molecule has 1 aromatic carbocycles. The van der Waals surface area contributed by atoms with Crippen LogP contribution in [0.3, 0.4) is 0 Å². The maximum absolute atomic E-state index is 12.2. The highest BCUT2D eigenvalue weighted by molar-refractivity contribution is 6.11. The van der Waals surface area contributed by atoms with Gasteiger partial charge in [-0.15, -0.1) is 0 Å². The fraction of sp³-hybridized carbons (Fsp3) is 0. The van der Waals surface area contributed by atoms with Gasteiger partial charge in [0.05, 0.1) is 23.0 Å². The Labute approximate surface area is 125 Å². The lowest BCUT2D eigenvalue weighted by atomic mass is 10.1. The van der Waals surface area contributed by atoms with Crippen molar-refractivity contribution in [2.75, 3.05) is 0 Å². The van der Waals surface area contributed by atoms with E-state index in [2.05, 4.69) is 19.9 Å². The topological polar surface area (TPSA) is 73.9 Å². The molecule has 5 nitrogen and oxygen atoms in total. The molecule has 4 aromatic rings. The summed E-state index contributed by atoms with van der Waals surface area (Å²) in [7, 11) is 0. The molecule has 3 heterocycles. The van der Waals surface area contributed by atoms with Crippen LogP contribution in [0, 0.1) is 0 Å². The second-order valence-electron chi connectivity index (χ2n) is 4.94.